The molecule has 11 heavy (non-hydrogen) atoms. The van der Waals surface area contributed by atoms with Crippen LogP contribution in [0.3, 0.4) is 0 Å². The number of hydrogen-bond acceptors (Lipinski definition) is 5. The van der Waals surface area contributed by atoms with Crippen LogP contribution < -0.4 is 0 Å². The number of aryl methyl sites for hydroxylation is 1. The summed E-state index contributed by atoms with van der Waals surface area (Å²) >= 11 is 1.20. The molecule has 60 valence electrons. The van der Waals surface area contributed by atoms with Crippen molar-refractivity contribution in [3.8, 4) is 0 Å². The van der Waals surface area contributed by atoms with Crippen molar-refractivity contribution < 1.29 is 9.53 Å². The Balaban J connectivity index is 2.76. The van der Waals surface area contributed by atoms with E-state index in [4.69, 9.17) is 4.74 Å². The molecule has 1 heterocycles. The lowest BCUT2D eigenvalue weighted by molar-refractivity contribution is 0.0518. The van der Waals surface area contributed by atoms with Crippen molar-refractivity contribution in [1.29, 1.82) is 0 Å². The van der Waals surface area contributed by atoms with Gasteiger partial charge >= 0.3 is 5.97 Å². The van der Waals surface area contributed by atoms with E-state index in [0.717, 1.165) is 4.88 Å². The standard InChI is InChI=1S/C6H8N2O2S/c1-3-10-6(9)5-4(2)11-8-7-5/h3H2,1-2H3. The fourth-order valence-electron chi connectivity index (χ4n) is 0.620. The largest absolute Gasteiger partial charge is 0.461 e. The molecule has 0 aliphatic carbocycles. The minimum Gasteiger partial charge on any atom is -0.461 e. The van der Waals surface area contributed by atoms with E-state index in [1.807, 2.05) is 0 Å². The van der Waals surface area contributed by atoms with Crippen molar-refractivity contribution >= 4 is 17.5 Å². The first-order valence-corrected chi connectivity index (χ1v) is 3.99. The van der Waals surface area contributed by atoms with E-state index in [9.17, 15) is 4.79 Å². The number of esters is 1. The van der Waals surface area contributed by atoms with E-state index in [1.54, 1.807) is 13.8 Å². The van der Waals surface area contributed by atoms with Crippen LogP contribution >= 0.6 is 11.5 Å². The molecule has 1 aromatic heterocycles. The molecule has 5 heteroatoms. The molecule has 0 saturated heterocycles. The van der Waals surface area contributed by atoms with Gasteiger partial charge in [0.1, 0.15) is 0 Å². The molecule has 0 radical (unpaired) electrons. The van der Waals surface area contributed by atoms with Gasteiger partial charge in [-0.1, -0.05) is 4.49 Å². The lowest BCUT2D eigenvalue weighted by Crippen LogP contribution is -2.06. The van der Waals surface area contributed by atoms with Crippen LogP contribution in [0.2, 0.25) is 0 Å². The van der Waals surface area contributed by atoms with Crippen LogP contribution in [0.4, 0.5) is 0 Å². The van der Waals surface area contributed by atoms with E-state index < -0.39 is 5.97 Å². The Morgan fingerprint density at radius 1 is 1.73 bits per heavy atom. The molecule has 0 amide bonds. The van der Waals surface area contributed by atoms with Crippen LogP contribution in [0, 0.1) is 6.92 Å². The van der Waals surface area contributed by atoms with Gasteiger partial charge in [-0.15, -0.1) is 5.10 Å². The highest BCUT2D eigenvalue weighted by Crippen LogP contribution is 2.08. The fourth-order valence-corrected chi connectivity index (χ4v) is 1.08. The second kappa shape index (κ2) is 3.43. The van der Waals surface area contributed by atoms with Gasteiger partial charge in [-0.3, -0.25) is 0 Å². The first kappa shape index (κ1) is 8.13. The van der Waals surface area contributed by atoms with Crippen LogP contribution in [-0.4, -0.2) is 22.2 Å². The van der Waals surface area contributed by atoms with E-state index in [0.29, 0.717) is 12.3 Å². The Labute approximate surface area is 68.4 Å². The second-order valence-corrected chi connectivity index (χ2v) is 2.86. The third kappa shape index (κ3) is 1.74. The quantitative estimate of drug-likeness (QED) is 0.625. The normalized spacial score (nSPS) is 9.64. The van der Waals surface area contributed by atoms with Gasteiger partial charge in [-0.2, -0.15) is 0 Å². The minimum absolute atomic E-state index is 0.330. The van der Waals surface area contributed by atoms with E-state index in [-0.39, 0.29) is 0 Å². The number of aromatic nitrogens is 2. The molecule has 0 N–H and O–H groups in total. The molecule has 0 atom stereocenters. The first-order chi connectivity index (χ1) is 5.25. The molecule has 1 rings (SSSR count). The summed E-state index contributed by atoms with van der Waals surface area (Å²) in [4.78, 5) is 11.8. The van der Waals surface area contributed by atoms with Gasteiger partial charge < -0.3 is 4.74 Å². The molecule has 4 nitrogen and oxygen atoms in total. The maximum Gasteiger partial charge on any atom is 0.360 e. The molecule has 0 bridgehead atoms. The summed E-state index contributed by atoms with van der Waals surface area (Å²) in [7, 11) is 0. The Bertz CT molecular complexity index is 259. The molecule has 1 aromatic rings. The number of hydrogen-bond donors (Lipinski definition) is 0. The van der Waals surface area contributed by atoms with E-state index >= 15 is 0 Å². The van der Waals surface area contributed by atoms with E-state index in [2.05, 4.69) is 9.59 Å². The van der Waals surface area contributed by atoms with E-state index in [1.165, 1.54) is 11.5 Å². The van der Waals surface area contributed by atoms with Gasteiger partial charge in [0.2, 0.25) is 0 Å². The predicted molar refractivity (Wildman–Crippen MR) is 40.6 cm³/mol. The maximum atomic E-state index is 11.0. The van der Waals surface area contributed by atoms with Gasteiger partial charge in [-0.25, -0.2) is 4.79 Å². The molecule has 0 unspecified atom stereocenters. The van der Waals surface area contributed by atoms with Crippen molar-refractivity contribution in [2.75, 3.05) is 6.61 Å². The third-order valence-corrected chi connectivity index (χ3v) is 1.75. The van der Waals surface area contributed by atoms with Crippen molar-refractivity contribution in [3.05, 3.63) is 10.6 Å². The van der Waals surface area contributed by atoms with Gasteiger partial charge in [0.05, 0.1) is 11.5 Å². The molecule has 0 spiro atoms. The van der Waals surface area contributed by atoms with Crippen LogP contribution in [-0.2, 0) is 4.74 Å². The molecule has 0 aromatic carbocycles. The fraction of sp³-hybridized carbons (Fsp3) is 0.500. The topological polar surface area (TPSA) is 52.1 Å². The van der Waals surface area contributed by atoms with Crippen LogP contribution in [0.25, 0.3) is 0 Å². The summed E-state index contributed by atoms with van der Waals surface area (Å²) in [6.07, 6.45) is 0. The van der Waals surface area contributed by atoms with Gasteiger partial charge in [0.15, 0.2) is 5.69 Å². The molecule has 0 aliphatic rings. The zero-order valence-electron chi connectivity index (χ0n) is 6.33. The summed E-state index contributed by atoms with van der Waals surface area (Å²) in [5, 5.41) is 3.63. The van der Waals surface area contributed by atoms with Crippen LogP contribution in [0.15, 0.2) is 0 Å². The van der Waals surface area contributed by atoms with Gasteiger partial charge in [0.25, 0.3) is 0 Å². The van der Waals surface area contributed by atoms with Crippen LogP contribution in [0.1, 0.15) is 22.3 Å². The monoisotopic (exact) mass is 172 g/mol. The van der Waals surface area contributed by atoms with Crippen LogP contribution in [0.5, 0.6) is 0 Å². The highest BCUT2D eigenvalue weighted by molar-refractivity contribution is 7.05. The summed E-state index contributed by atoms with van der Waals surface area (Å²) in [6, 6.07) is 0. The minimum atomic E-state index is -0.390. The summed E-state index contributed by atoms with van der Waals surface area (Å²) in [6.45, 7) is 3.92. The zero-order valence-corrected chi connectivity index (χ0v) is 7.14. The molecule has 0 saturated carbocycles. The number of carbonyl (C=O) groups excluding carboxylic acids is 1. The molecular weight excluding hydrogens is 164 g/mol. The van der Waals surface area contributed by atoms with Crippen molar-refractivity contribution in [2.24, 2.45) is 0 Å². The first-order valence-electron chi connectivity index (χ1n) is 3.21. The predicted octanol–water partition coefficient (Wildman–Crippen LogP) is 1.02. The number of nitrogens with zero attached hydrogens (tertiary/aromatic N) is 2. The van der Waals surface area contributed by atoms with Crippen molar-refractivity contribution in [2.45, 2.75) is 13.8 Å². The Kier molecular flexibility index (Phi) is 2.53. The Hall–Kier alpha value is -0.970. The third-order valence-electron chi connectivity index (χ3n) is 1.12. The summed E-state index contributed by atoms with van der Waals surface area (Å²) < 4.78 is 8.35. The van der Waals surface area contributed by atoms with Crippen molar-refractivity contribution in [1.82, 2.24) is 9.59 Å². The molecule has 0 fully saturated rings. The lowest BCUT2D eigenvalue weighted by atomic mass is 10.4. The number of carbonyl (C=O) groups is 1. The number of rotatable bonds is 2. The Morgan fingerprint density at radius 2 is 2.45 bits per heavy atom. The highest BCUT2D eigenvalue weighted by Gasteiger charge is 2.13. The zero-order chi connectivity index (χ0) is 8.27. The molecular formula is C6H8N2O2S. The second-order valence-electron chi connectivity index (χ2n) is 1.90. The SMILES string of the molecule is CCOC(=O)c1nnsc1C. The lowest BCUT2D eigenvalue weighted by Gasteiger charge is -1.96. The van der Waals surface area contributed by atoms with Gasteiger partial charge in [0, 0.05) is 0 Å². The maximum absolute atomic E-state index is 11.0. The summed E-state index contributed by atoms with van der Waals surface area (Å²) in [5.74, 6) is -0.390. The average Bonchev–Trinajstić information content (AvgIpc) is 2.36. The highest BCUT2D eigenvalue weighted by atomic mass is 32.1. The van der Waals surface area contributed by atoms with Crippen molar-refractivity contribution in [3.63, 3.8) is 0 Å². The Morgan fingerprint density at radius 3 is 2.91 bits per heavy atom. The summed E-state index contributed by atoms with van der Waals surface area (Å²) in [5.41, 5.74) is 0.330. The number of ether oxygens (including phenoxy) is 1. The molecule has 0 aliphatic heterocycles. The average molecular weight is 172 g/mol. The smallest absolute Gasteiger partial charge is 0.360 e. The van der Waals surface area contributed by atoms with Gasteiger partial charge in [-0.05, 0) is 25.4 Å².